The third-order valence-electron chi connectivity index (χ3n) is 4.50. The van der Waals surface area contributed by atoms with E-state index >= 15 is 0 Å². The molecule has 2 aromatic rings. The number of carbonyl (C=O) groups excluding carboxylic acids is 2. The fraction of sp³-hybridized carbons (Fsp3) is 0.450. The molecule has 0 saturated heterocycles. The molecule has 0 atom stereocenters. The van der Waals surface area contributed by atoms with E-state index in [0.717, 1.165) is 17.9 Å². The molecule has 0 bridgehead atoms. The van der Waals surface area contributed by atoms with Crippen molar-refractivity contribution in [3.05, 3.63) is 33.8 Å². The van der Waals surface area contributed by atoms with E-state index in [-0.39, 0.29) is 47.0 Å². The van der Waals surface area contributed by atoms with Gasteiger partial charge in [-0.1, -0.05) is 11.6 Å². The van der Waals surface area contributed by atoms with E-state index in [1.54, 1.807) is 5.38 Å². The first-order chi connectivity index (χ1) is 14.1. The summed E-state index contributed by atoms with van der Waals surface area (Å²) in [6.45, 7) is 9.75. The van der Waals surface area contributed by atoms with Crippen LogP contribution < -0.4 is 21.1 Å². The van der Waals surface area contributed by atoms with Crippen LogP contribution in [0.15, 0.2) is 17.5 Å². The lowest BCUT2D eigenvalue weighted by Gasteiger charge is -2.30. The largest absolute Gasteiger partial charge is 0.496 e. The minimum atomic E-state index is -0.459. The molecule has 1 aromatic carbocycles. The monoisotopic (exact) mass is 525 g/mol. The number of nitrogens with two attached hydrogens (primary N) is 1. The molecule has 8 nitrogen and oxygen atoms in total. The van der Waals surface area contributed by atoms with E-state index in [1.165, 1.54) is 19.2 Å². The van der Waals surface area contributed by atoms with Gasteiger partial charge in [-0.05, 0) is 33.8 Å². The lowest BCUT2D eigenvalue weighted by Crippen LogP contribution is -2.42. The van der Waals surface area contributed by atoms with Crippen molar-refractivity contribution in [2.45, 2.75) is 39.8 Å². The Bertz CT molecular complexity index is 901. The number of anilines is 2. The lowest BCUT2D eigenvalue weighted by molar-refractivity contribution is 0.0934. The second-order valence-corrected chi connectivity index (χ2v) is 8.51. The Labute approximate surface area is 210 Å². The van der Waals surface area contributed by atoms with Gasteiger partial charge in [0, 0.05) is 36.6 Å². The summed E-state index contributed by atoms with van der Waals surface area (Å²) in [5, 5.41) is 7.67. The molecule has 1 heterocycles. The molecule has 12 heteroatoms. The minimum absolute atomic E-state index is 0. The van der Waals surface area contributed by atoms with Crippen LogP contribution in [0.2, 0.25) is 5.02 Å². The van der Waals surface area contributed by atoms with Crippen molar-refractivity contribution in [1.82, 2.24) is 15.2 Å². The SMILES string of the molecule is COc1cc(N)c(Cl)cc1C(=O)Nc1nc(C(=O)NCCN(C(C)C)C(C)C)cs1.Cl.Cl. The number of ether oxygens (including phenoxy) is 1. The van der Waals surface area contributed by atoms with Crippen LogP contribution in [0.25, 0.3) is 0 Å². The third-order valence-corrected chi connectivity index (χ3v) is 5.59. The molecular formula is C20H30Cl3N5O3S. The first-order valence-electron chi connectivity index (χ1n) is 9.57. The molecule has 32 heavy (non-hydrogen) atoms. The zero-order valence-electron chi connectivity index (χ0n) is 18.6. The number of methoxy groups -OCH3 is 1. The lowest BCUT2D eigenvalue weighted by atomic mass is 10.1. The number of amides is 2. The van der Waals surface area contributed by atoms with Crippen LogP contribution in [-0.4, -0.2) is 54.0 Å². The molecule has 180 valence electrons. The van der Waals surface area contributed by atoms with Crippen molar-refractivity contribution in [2.24, 2.45) is 0 Å². The third kappa shape index (κ3) is 7.97. The Morgan fingerprint density at radius 1 is 1.19 bits per heavy atom. The first kappa shape index (κ1) is 30.2. The molecule has 2 amide bonds. The topological polar surface area (TPSA) is 110 Å². The number of hydrogen-bond donors (Lipinski definition) is 3. The van der Waals surface area contributed by atoms with Crippen molar-refractivity contribution in [2.75, 3.05) is 31.2 Å². The number of carbonyl (C=O) groups is 2. The van der Waals surface area contributed by atoms with Gasteiger partial charge in [0.05, 0.1) is 23.4 Å². The number of benzene rings is 1. The number of halogens is 3. The van der Waals surface area contributed by atoms with Gasteiger partial charge in [-0.25, -0.2) is 4.98 Å². The van der Waals surface area contributed by atoms with Gasteiger partial charge in [0.25, 0.3) is 11.8 Å². The second-order valence-electron chi connectivity index (χ2n) is 7.25. The number of thiazole rings is 1. The van der Waals surface area contributed by atoms with Crippen molar-refractivity contribution in [3.63, 3.8) is 0 Å². The summed E-state index contributed by atoms with van der Waals surface area (Å²) >= 11 is 7.17. The predicted molar refractivity (Wildman–Crippen MR) is 136 cm³/mol. The van der Waals surface area contributed by atoms with Gasteiger partial charge < -0.3 is 15.8 Å². The summed E-state index contributed by atoms with van der Waals surface area (Å²) in [6, 6.07) is 3.69. The maximum atomic E-state index is 12.6. The second kappa shape index (κ2) is 13.7. The van der Waals surface area contributed by atoms with Crippen LogP contribution in [-0.2, 0) is 0 Å². The van der Waals surface area contributed by atoms with Crippen molar-refractivity contribution < 1.29 is 14.3 Å². The van der Waals surface area contributed by atoms with Crippen LogP contribution in [0.5, 0.6) is 5.75 Å². The van der Waals surface area contributed by atoms with Gasteiger partial charge in [0.1, 0.15) is 11.4 Å². The number of nitrogens with one attached hydrogen (secondary N) is 2. The highest BCUT2D eigenvalue weighted by molar-refractivity contribution is 7.14. The van der Waals surface area contributed by atoms with Crippen molar-refractivity contribution in [3.8, 4) is 5.75 Å². The summed E-state index contributed by atoms with van der Waals surface area (Å²) in [5.74, 6) is -0.448. The van der Waals surface area contributed by atoms with E-state index in [9.17, 15) is 9.59 Å². The van der Waals surface area contributed by atoms with Gasteiger partial charge >= 0.3 is 0 Å². The maximum Gasteiger partial charge on any atom is 0.270 e. The van der Waals surface area contributed by atoms with Crippen LogP contribution in [0.3, 0.4) is 0 Å². The zero-order chi connectivity index (χ0) is 22.4. The molecule has 4 N–H and O–H groups in total. The molecule has 2 rings (SSSR count). The van der Waals surface area contributed by atoms with Gasteiger partial charge in [-0.2, -0.15) is 0 Å². The fourth-order valence-corrected chi connectivity index (χ4v) is 3.87. The Kier molecular flexibility index (Phi) is 12.9. The molecule has 0 radical (unpaired) electrons. The van der Waals surface area contributed by atoms with Crippen LogP contribution in [0, 0.1) is 0 Å². The Balaban J connectivity index is 0.00000480. The maximum absolute atomic E-state index is 12.6. The standard InChI is InChI=1S/C20H28ClN5O3S.2ClH/c1-11(2)26(12(3)4)7-6-23-19(28)16-10-30-20(24-16)25-18(27)13-8-14(21)15(22)9-17(13)29-5;;/h8-12H,6-7,22H2,1-5H3,(H,23,28)(H,24,25,27);2*1H. The molecule has 0 aliphatic rings. The van der Waals surface area contributed by atoms with E-state index < -0.39 is 5.91 Å². The number of nitrogen functional groups attached to an aromatic ring is 1. The molecule has 0 unspecified atom stereocenters. The molecule has 0 spiro atoms. The highest BCUT2D eigenvalue weighted by atomic mass is 35.5. The molecule has 0 fully saturated rings. The predicted octanol–water partition coefficient (Wildman–Crippen LogP) is 4.33. The summed E-state index contributed by atoms with van der Waals surface area (Å²) in [7, 11) is 1.44. The number of nitrogens with zero attached hydrogens (tertiary/aromatic N) is 2. The summed E-state index contributed by atoms with van der Waals surface area (Å²) in [4.78, 5) is 31.4. The van der Waals surface area contributed by atoms with Gasteiger partial charge in [0.15, 0.2) is 5.13 Å². The molecule has 0 aliphatic carbocycles. The van der Waals surface area contributed by atoms with Gasteiger partial charge in [-0.15, -0.1) is 36.2 Å². The Hall–Kier alpha value is -1.78. The number of hydrogen-bond acceptors (Lipinski definition) is 7. The Morgan fingerprint density at radius 2 is 1.81 bits per heavy atom. The van der Waals surface area contributed by atoms with Gasteiger partial charge in [0.2, 0.25) is 0 Å². The van der Waals surface area contributed by atoms with Crippen molar-refractivity contribution in [1.29, 1.82) is 0 Å². The zero-order valence-corrected chi connectivity index (χ0v) is 21.8. The molecule has 1 aromatic heterocycles. The quantitative estimate of drug-likeness (QED) is 0.420. The molecule has 0 saturated carbocycles. The van der Waals surface area contributed by atoms with E-state index in [2.05, 4.69) is 48.2 Å². The van der Waals surface area contributed by atoms with E-state index in [0.29, 0.717) is 35.2 Å². The molecule has 0 aliphatic heterocycles. The smallest absolute Gasteiger partial charge is 0.270 e. The fourth-order valence-electron chi connectivity index (χ4n) is 3.02. The first-order valence-corrected chi connectivity index (χ1v) is 10.8. The van der Waals surface area contributed by atoms with E-state index in [1.807, 2.05) is 0 Å². The normalized spacial score (nSPS) is 10.5. The number of aromatic nitrogens is 1. The minimum Gasteiger partial charge on any atom is -0.496 e. The Morgan fingerprint density at radius 3 is 2.38 bits per heavy atom. The number of rotatable bonds is 9. The van der Waals surface area contributed by atoms with Crippen LogP contribution in [0.1, 0.15) is 48.5 Å². The highest BCUT2D eigenvalue weighted by Gasteiger charge is 2.18. The molecular weight excluding hydrogens is 497 g/mol. The van der Waals surface area contributed by atoms with Crippen LogP contribution in [0.4, 0.5) is 10.8 Å². The highest BCUT2D eigenvalue weighted by Crippen LogP contribution is 2.29. The van der Waals surface area contributed by atoms with Gasteiger partial charge in [-0.3, -0.25) is 19.8 Å². The summed E-state index contributed by atoms with van der Waals surface area (Å²) < 4.78 is 5.20. The summed E-state index contributed by atoms with van der Waals surface area (Å²) in [6.07, 6.45) is 0. The van der Waals surface area contributed by atoms with Crippen molar-refractivity contribution >= 4 is 70.4 Å². The summed E-state index contributed by atoms with van der Waals surface area (Å²) in [5.41, 5.74) is 6.53. The van der Waals surface area contributed by atoms with E-state index in [4.69, 9.17) is 22.1 Å². The van der Waals surface area contributed by atoms with Crippen LogP contribution >= 0.6 is 47.8 Å². The average Bonchev–Trinajstić information content (AvgIpc) is 3.14. The average molecular weight is 527 g/mol.